The third-order valence-corrected chi connectivity index (χ3v) is 4.27. The number of benzene rings is 2. The standard InChI is InChI=1S/C24H27NO4/c1-3-12-27-21-10-11-23(24(15-21)28-13-4-2)20-14-22(17-25(26)16-20)29-18-19-8-6-5-7-9-19/h5-11,14-17H,3-4,12-13,18H2,1-2H3. The molecule has 1 heterocycles. The van der Waals surface area contributed by atoms with Crippen LogP contribution in [0.2, 0.25) is 0 Å². The van der Waals surface area contributed by atoms with Crippen molar-refractivity contribution < 1.29 is 18.9 Å². The smallest absolute Gasteiger partial charge is 0.222 e. The van der Waals surface area contributed by atoms with Crippen LogP contribution in [0.3, 0.4) is 0 Å². The van der Waals surface area contributed by atoms with E-state index in [9.17, 15) is 5.21 Å². The Hall–Kier alpha value is -3.21. The van der Waals surface area contributed by atoms with Crippen molar-refractivity contribution in [2.24, 2.45) is 0 Å². The van der Waals surface area contributed by atoms with Crippen LogP contribution in [0.5, 0.6) is 17.2 Å². The predicted molar refractivity (Wildman–Crippen MR) is 113 cm³/mol. The first-order valence-electron chi connectivity index (χ1n) is 10.00. The summed E-state index contributed by atoms with van der Waals surface area (Å²) in [6.45, 7) is 5.76. The Morgan fingerprint density at radius 3 is 2.31 bits per heavy atom. The van der Waals surface area contributed by atoms with Crippen LogP contribution < -0.4 is 18.9 Å². The average molecular weight is 393 g/mol. The van der Waals surface area contributed by atoms with Crippen LogP contribution in [-0.4, -0.2) is 13.2 Å². The van der Waals surface area contributed by atoms with E-state index in [0.717, 1.165) is 40.0 Å². The molecule has 0 aliphatic rings. The average Bonchev–Trinajstić information content (AvgIpc) is 2.75. The number of ether oxygens (including phenoxy) is 3. The van der Waals surface area contributed by atoms with Gasteiger partial charge in [0.15, 0.2) is 11.9 Å². The van der Waals surface area contributed by atoms with Gasteiger partial charge in [0.25, 0.3) is 0 Å². The van der Waals surface area contributed by atoms with Crippen molar-refractivity contribution in [3.63, 3.8) is 0 Å². The Bertz CT molecular complexity index is 912. The van der Waals surface area contributed by atoms with Crippen LogP contribution in [0.15, 0.2) is 67.0 Å². The lowest BCUT2D eigenvalue weighted by molar-refractivity contribution is -0.605. The van der Waals surface area contributed by atoms with Crippen molar-refractivity contribution in [3.8, 4) is 28.4 Å². The van der Waals surface area contributed by atoms with Gasteiger partial charge in [0.2, 0.25) is 6.20 Å². The Balaban J connectivity index is 1.87. The predicted octanol–water partition coefficient (Wildman–Crippen LogP) is 5.14. The highest BCUT2D eigenvalue weighted by Gasteiger charge is 2.14. The minimum Gasteiger partial charge on any atom is -0.619 e. The molecule has 0 atom stereocenters. The van der Waals surface area contributed by atoms with Crippen LogP contribution in [-0.2, 0) is 6.61 Å². The Kier molecular flexibility index (Phi) is 7.34. The van der Waals surface area contributed by atoms with Crippen molar-refractivity contribution in [2.45, 2.75) is 33.3 Å². The second kappa shape index (κ2) is 10.4. The largest absolute Gasteiger partial charge is 0.619 e. The van der Waals surface area contributed by atoms with E-state index < -0.39 is 0 Å². The molecule has 0 saturated carbocycles. The summed E-state index contributed by atoms with van der Waals surface area (Å²) in [7, 11) is 0. The summed E-state index contributed by atoms with van der Waals surface area (Å²) >= 11 is 0. The van der Waals surface area contributed by atoms with Gasteiger partial charge in [0.05, 0.1) is 18.8 Å². The molecule has 29 heavy (non-hydrogen) atoms. The minimum atomic E-state index is 0.396. The third kappa shape index (κ3) is 5.88. The Morgan fingerprint density at radius 1 is 0.793 bits per heavy atom. The van der Waals surface area contributed by atoms with E-state index in [2.05, 4.69) is 13.8 Å². The van der Waals surface area contributed by atoms with Crippen LogP contribution >= 0.6 is 0 Å². The van der Waals surface area contributed by atoms with Crippen molar-refractivity contribution in [2.75, 3.05) is 13.2 Å². The van der Waals surface area contributed by atoms with E-state index in [4.69, 9.17) is 14.2 Å². The van der Waals surface area contributed by atoms with Crippen molar-refractivity contribution >= 4 is 0 Å². The first-order valence-corrected chi connectivity index (χ1v) is 10.00. The fraction of sp³-hybridized carbons (Fsp3) is 0.292. The van der Waals surface area contributed by atoms with Gasteiger partial charge >= 0.3 is 0 Å². The van der Waals surface area contributed by atoms with Gasteiger partial charge in [-0.15, -0.1) is 0 Å². The molecule has 2 aromatic carbocycles. The quantitative estimate of drug-likeness (QED) is 0.353. The monoisotopic (exact) mass is 393 g/mol. The molecule has 5 nitrogen and oxygen atoms in total. The molecule has 0 saturated heterocycles. The molecule has 0 radical (unpaired) electrons. The summed E-state index contributed by atoms with van der Waals surface area (Å²) in [4.78, 5) is 0. The van der Waals surface area contributed by atoms with Crippen molar-refractivity contribution in [1.82, 2.24) is 0 Å². The molecule has 3 rings (SSSR count). The van der Waals surface area contributed by atoms with Crippen LogP contribution in [0, 0.1) is 5.21 Å². The normalized spacial score (nSPS) is 10.6. The van der Waals surface area contributed by atoms with Gasteiger partial charge in [0, 0.05) is 17.7 Å². The molecule has 3 aromatic rings. The van der Waals surface area contributed by atoms with Crippen molar-refractivity contribution in [3.05, 3.63) is 77.8 Å². The maximum absolute atomic E-state index is 12.2. The molecule has 152 valence electrons. The zero-order chi connectivity index (χ0) is 20.5. The van der Waals surface area contributed by atoms with Gasteiger partial charge in [-0.3, -0.25) is 0 Å². The van der Waals surface area contributed by atoms with E-state index in [0.29, 0.717) is 31.3 Å². The number of pyridine rings is 1. The molecule has 0 aliphatic heterocycles. The number of aromatic nitrogens is 1. The van der Waals surface area contributed by atoms with Gasteiger partial charge in [-0.1, -0.05) is 44.2 Å². The molecule has 0 unspecified atom stereocenters. The lowest BCUT2D eigenvalue weighted by Gasteiger charge is -2.14. The molecular weight excluding hydrogens is 366 g/mol. The fourth-order valence-corrected chi connectivity index (χ4v) is 2.88. The summed E-state index contributed by atoms with van der Waals surface area (Å²) in [5.41, 5.74) is 2.61. The van der Waals surface area contributed by atoms with Crippen LogP contribution in [0.25, 0.3) is 11.1 Å². The van der Waals surface area contributed by atoms with E-state index in [-0.39, 0.29) is 0 Å². The number of hydrogen-bond acceptors (Lipinski definition) is 4. The highest BCUT2D eigenvalue weighted by molar-refractivity contribution is 5.71. The lowest BCUT2D eigenvalue weighted by Crippen LogP contribution is -2.25. The molecular formula is C24H27NO4. The number of hydrogen-bond donors (Lipinski definition) is 0. The molecule has 1 aromatic heterocycles. The summed E-state index contributed by atoms with van der Waals surface area (Å²) < 4.78 is 18.3. The van der Waals surface area contributed by atoms with E-state index in [1.165, 1.54) is 12.4 Å². The van der Waals surface area contributed by atoms with Gasteiger partial charge in [-0.05, 0) is 30.5 Å². The molecule has 5 heteroatoms. The Labute approximate surface area is 172 Å². The van der Waals surface area contributed by atoms with E-state index in [1.807, 2.05) is 54.6 Å². The second-order valence-corrected chi connectivity index (χ2v) is 6.75. The Morgan fingerprint density at radius 2 is 1.55 bits per heavy atom. The van der Waals surface area contributed by atoms with Crippen LogP contribution in [0.1, 0.15) is 32.3 Å². The maximum atomic E-state index is 12.2. The first-order chi connectivity index (χ1) is 14.2. The SMILES string of the molecule is CCCOc1ccc(-c2cc(OCc3ccccc3)c[n+]([O-])c2)c(OCCC)c1. The molecule has 0 amide bonds. The van der Waals surface area contributed by atoms with Gasteiger partial charge in [-0.25, -0.2) is 0 Å². The highest BCUT2D eigenvalue weighted by atomic mass is 16.5. The van der Waals surface area contributed by atoms with Gasteiger partial charge < -0.3 is 19.4 Å². The number of nitrogens with zero attached hydrogens (tertiary/aromatic N) is 1. The lowest BCUT2D eigenvalue weighted by atomic mass is 10.1. The fourth-order valence-electron chi connectivity index (χ4n) is 2.88. The van der Waals surface area contributed by atoms with Gasteiger partial charge in [0.1, 0.15) is 18.1 Å². The summed E-state index contributed by atoms with van der Waals surface area (Å²) in [5, 5.41) is 12.2. The molecule has 0 aliphatic carbocycles. The topological polar surface area (TPSA) is 54.6 Å². The zero-order valence-electron chi connectivity index (χ0n) is 17.0. The summed E-state index contributed by atoms with van der Waals surface area (Å²) in [5.74, 6) is 1.96. The third-order valence-electron chi connectivity index (χ3n) is 4.27. The summed E-state index contributed by atoms with van der Waals surface area (Å²) in [6, 6.07) is 17.4. The van der Waals surface area contributed by atoms with E-state index >= 15 is 0 Å². The second-order valence-electron chi connectivity index (χ2n) is 6.75. The minimum absolute atomic E-state index is 0.396. The van der Waals surface area contributed by atoms with Gasteiger partial charge in [-0.2, -0.15) is 4.73 Å². The molecule has 0 fully saturated rings. The molecule has 0 spiro atoms. The zero-order valence-corrected chi connectivity index (χ0v) is 17.0. The summed E-state index contributed by atoms with van der Waals surface area (Å²) in [6.07, 6.45) is 4.78. The van der Waals surface area contributed by atoms with Crippen LogP contribution in [0.4, 0.5) is 0 Å². The van der Waals surface area contributed by atoms with Crippen molar-refractivity contribution in [1.29, 1.82) is 0 Å². The maximum Gasteiger partial charge on any atom is 0.222 e. The molecule has 0 N–H and O–H groups in total. The van der Waals surface area contributed by atoms with E-state index in [1.54, 1.807) is 0 Å². The number of rotatable bonds is 10. The molecule has 0 bridgehead atoms. The first kappa shape index (κ1) is 20.5. The highest BCUT2D eigenvalue weighted by Crippen LogP contribution is 2.34.